The van der Waals surface area contributed by atoms with Gasteiger partial charge in [-0.25, -0.2) is 0 Å². The molecule has 27 heavy (non-hydrogen) atoms. The van der Waals surface area contributed by atoms with Crippen LogP contribution in [-0.4, -0.2) is 67.7 Å². The van der Waals surface area contributed by atoms with Gasteiger partial charge in [-0.05, 0) is 24.3 Å². The number of ether oxygens (including phenoxy) is 1. The van der Waals surface area contributed by atoms with Crippen LogP contribution < -0.4 is 21.9 Å². The zero-order chi connectivity index (χ0) is 18.4. The summed E-state index contributed by atoms with van der Waals surface area (Å²) in [6.07, 6.45) is 4.16. The Hall–Kier alpha value is -1.83. The Morgan fingerprint density at radius 1 is 1.07 bits per heavy atom. The highest BCUT2D eigenvalue weighted by Gasteiger charge is 2.46. The Balaban J connectivity index is 0.00000261. The normalized spacial score (nSPS) is 15.0. The fraction of sp³-hybridized carbons (Fsp3) is 0.450. The number of quaternary nitrogens is 1. The minimum Gasteiger partial charge on any atom is -1.00 e. The first-order valence-electron chi connectivity index (χ1n) is 9.10. The van der Waals surface area contributed by atoms with Crippen LogP contribution in [0.5, 0.6) is 0 Å². The molecule has 1 saturated heterocycles. The molecule has 0 radical (unpaired) electrons. The molecule has 1 amide bonds. The Morgan fingerprint density at radius 2 is 1.63 bits per heavy atom. The van der Waals surface area contributed by atoms with E-state index in [-0.39, 0.29) is 22.9 Å². The van der Waals surface area contributed by atoms with Gasteiger partial charge in [0.05, 0.1) is 31.1 Å². The van der Waals surface area contributed by atoms with Gasteiger partial charge in [0.15, 0.2) is 0 Å². The number of pyridine rings is 2. The molecule has 0 aromatic carbocycles. The number of morpholine rings is 1. The van der Waals surface area contributed by atoms with Gasteiger partial charge in [0.2, 0.25) is 5.91 Å². The summed E-state index contributed by atoms with van der Waals surface area (Å²) >= 11 is 0. The molecule has 1 N–H and O–H groups in total. The van der Waals surface area contributed by atoms with Gasteiger partial charge < -0.3 is 31.5 Å². The molecule has 3 heterocycles. The highest BCUT2D eigenvalue weighted by molar-refractivity contribution is 5.90. The van der Waals surface area contributed by atoms with E-state index in [2.05, 4.69) is 9.97 Å². The molecule has 2 aromatic rings. The molecular weight excluding hydrogens is 408 g/mol. The molecule has 2 aromatic heterocycles. The third-order valence-electron chi connectivity index (χ3n) is 5.03. The van der Waals surface area contributed by atoms with E-state index in [1.807, 2.05) is 36.4 Å². The number of carbonyl (C=O) groups is 1. The fourth-order valence-electron chi connectivity index (χ4n) is 3.60. The molecule has 1 aliphatic rings. The summed E-state index contributed by atoms with van der Waals surface area (Å²) in [6.45, 7) is 4.36. The minimum absolute atomic E-state index is 0. The number of hydrogen-bond donors (Lipinski definition) is 1. The average molecular weight is 435 g/mol. The van der Waals surface area contributed by atoms with Crippen molar-refractivity contribution < 1.29 is 31.4 Å². The molecule has 1 fully saturated rings. The molecule has 0 aliphatic carbocycles. The average Bonchev–Trinajstić information content (AvgIpc) is 2.70. The van der Waals surface area contributed by atoms with Crippen molar-refractivity contribution in [1.29, 1.82) is 0 Å². The first-order valence-corrected chi connectivity index (χ1v) is 9.10. The van der Waals surface area contributed by atoms with Gasteiger partial charge in [0.1, 0.15) is 18.5 Å². The second-order valence-electron chi connectivity index (χ2n) is 6.90. The van der Waals surface area contributed by atoms with Crippen molar-refractivity contribution in [3.05, 3.63) is 60.2 Å². The summed E-state index contributed by atoms with van der Waals surface area (Å²) in [7, 11) is 3.59. The number of halogens is 1. The number of carbonyl (C=O) groups excluding carboxylic acids is 1. The van der Waals surface area contributed by atoms with E-state index in [0.29, 0.717) is 6.42 Å². The van der Waals surface area contributed by atoms with Gasteiger partial charge in [-0.1, -0.05) is 12.1 Å². The molecule has 0 saturated carbocycles. The van der Waals surface area contributed by atoms with Gasteiger partial charge in [-0.3, -0.25) is 14.8 Å². The van der Waals surface area contributed by atoms with Crippen molar-refractivity contribution in [2.45, 2.75) is 11.8 Å². The Labute approximate surface area is 171 Å². The number of nitrogens with zero attached hydrogens (tertiary/aromatic N) is 3. The van der Waals surface area contributed by atoms with Crippen LogP contribution in [0.15, 0.2) is 48.8 Å². The van der Waals surface area contributed by atoms with Crippen molar-refractivity contribution in [2.75, 3.05) is 46.9 Å². The Morgan fingerprint density at radius 3 is 2.07 bits per heavy atom. The van der Waals surface area contributed by atoms with Crippen LogP contribution in [0.3, 0.4) is 0 Å². The highest BCUT2D eigenvalue weighted by atomic mass is 79.9. The van der Waals surface area contributed by atoms with Crippen LogP contribution >= 0.6 is 0 Å². The number of aromatic nitrogens is 2. The zero-order valence-corrected chi connectivity index (χ0v) is 17.5. The standard InChI is InChI=1S/C20H26N4O2.BrH/c1-23(2)19(25)20(17-7-3-5-10-21-17,18-8-4-6-11-22-18)9-12-24-13-15-26-16-14-24;/h3-8,10-11H,9,12-16H2,1-2H3;1H. The number of nitrogens with one attached hydrogen (secondary N) is 1. The first kappa shape index (κ1) is 21.5. The quantitative estimate of drug-likeness (QED) is 0.532. The number of likely N-dealkylation sites (N-methyl/N-ethyl adjacent to an activating group) is 1. The number of hydrogen-bond acceptors (Lipinski definition) is 4. The van der Waals surface area contributed by atoms with E-state index in [1.165, 1.54) is 4.90 Å². The van der Waals surface area contributed by atoms with Gasteiger partial charge >= 0.3 is 0 Å². The van der Waals surface area contributed by atoms with Crippen molar-refractivity contribution in [1.82, 2.24) is 14.9 Å². The molecule has 0 spiro atoms. The van der Waals surface area contributed by atoms with Crippen molar-refractivity contribution in [3.63, 3.8) is 0 Å². The second-order valence-corrected chi connectivity index (χ2v) is 6.90. The van der Waals surface area contributed by atoms with Crippen molar-refractivity contribution in [3.8, 4) is 0 Å². The SMILES string of the molecule is CN(C)C(=O)C(CC[NH+]1CCOCC1)(c1ccccn1)c1ccccn1.[Br-]. The smallest absolute Gasteiger partial charge is 0.240 e. The van der Waals surface area contributed by atoms with Gasteiger partial charge in [-0.15, -0.1) is 0 Å². The lowest BCUT2D eigenvalue weighted by Crippen LogP contribution is -3.14. The van der Waals surface area contributed by atoms with E-state index >= 15 is 0 Å². The van der Waals surface area contributed by atoms with E-state index in [4.69, 9.17) is 4.74 Å². The molecule has 1 aliphatic heterocycles. The van der Waals surface area contributed by atoms with Gasteiger partial charge in [0, 0.05) is 32.9 Å². The van der Waals surface area contributed by atoms with Crippen molar-refractivity contribution >= 4 is 5.91 Å². The van der Waals surface area contributed by atoms with Crippen LogP contribution in [0.4, 0.5) is 0 Å². The van der Waals surface area contributed by atoms with E-state index in [9.17, 15) is 4.79 Å². The summed E-state index contributed by atoms with van der Waals surface area (Å²) < 4.78 is 5.47. The summed E-state index contributed by atoms with van der Waals surface area (Å²) in [5, 5.41) is 0. The van der Waals surface area contributed by atoms with Crippen LogP contribution in [0.2, 0.25) is 0 Å². The molecule has 0 atom stereocenters. The summed E-state index contributed by atoms with van der Waals surface area (Å²) in [5.74, 6) is 0.0163. The zero-order valence-electron chi connectivity index (χ0n) is 15.9. The van der Waals surface area contributed by atoms with Gasteiger partial charge in [0.25, 0.3) is 0 Å². The van der Waals surface area contributed by atoms with Crippen molar-refractivity contribution in [2.24, 2.45) is 0 Å². The number of amides is 1. The molecule has 146 valence electrons. The van der Waals surface area contributed by atoms with Gasteiger partial charge in [-0.2, -0.15) is 0 Å². The van der Waals surface area contributed by atoms with E-state index in [0.717, 1.165) is 44.2 Å². The second kappa shape index (κ2) is 9.92. The maximum absolute atomic E-state index is 13.5. The highest BCUT2D eigenvalue weighted by Crippen LogP contribution is 2.34. The first-order chi connectivity index (χ1) is 12.6. The predicted molar refractivity (Wildman–Crippen MR) is 98.9 cm³/mol. The number of rotatable bonds is 6. The molecule has 0 bridgehead atoms. The van der Waals surface area contributed by atoms with E-state index in [1.54, 1.807) is 31.4 Å². The Bertz CT molecular complexity index is 667. The van der Waals surface area contributed by atoms with Crippen LogP contribution in [0, 0.1) is 0 Å². The molecular formula is C20H27BrN4O2. The predicted octanol–water partition coefficient (Wildman–Crippen LogP) is -2.84. The summed E-state index contributed by atoms with van der Waals surface area (Å²) in [5.41, 5.74) is 0.632. The van der Waals surface area contributed by atoms with Crippen LogP contribution in [0.25, 0.3) is 0 Å². The van der Waals surface area contributed by atoms with Crippen LogP contribution in [0.1, 0.15) is 17.8 Å². The maximum atomic E-state index is 13.5. The fourth-order valence-corrected chi connectivity index (χ4v) is 3.60. The minimum atomic E-state index is -0.878. The molecule has 7 heteroatoms. The van der Waals surface area contributed by atoms with Crippen LogP contribution in [-0.2, 0) is 14.9 Å². The van der Waals surface area contributed by atoms with E-state index < -0.39 is 5.41 Å². The Kier molecular flexibility index (Phi) is 7.89. The topological polar surface area (TPSA) is 59.8 Å². The molecule has 0 unspecified atom stereocenters. The lowest BCUT2D eigenvalue weighted by atomic mass is 9.75. The largest absolute Gasteiger partial charge is 1.00 e. The third-order valence-corrected chi connectivity index (χ3v) is 5.03. The monoisotopic (exact) mass is 434 g/mol. The third kappa shape index (κ3) is 4.72. The lowest BCUT2D eigenvalue weighted by molar-refractivity contribution is -0.908. The molecule has 6 nitrogen and oxygen atoms in total. The summed E-state index contributed by atoms with van der Waals surface area (Å²) in [6, 6.07) is 11.5. The summed E-state index contributed by atoms with van der Waals surface area (Å²) in [4.78, 5) is 25.7. The lowest BCUT2D eigenvalue weighted by Gasteiger charge is -2.35. The maximum Gasteiger partial charge on any atom is 0.240 e. The molecule has 3 rings (SSSR count).